The molecule has 10 heteroatoms. The third-order valence-corrected chi connectivity index (χ3v) is 6.99. The molecule has 1 fully saturated rings. The van der Waals surface area contributed by atoms with Crippen molar-refractivity contribution in [2.75, 3.05) is 30.0 Å². The number of amides is 3. The third-order valence-electron chi connectivity index (χ3n) is 6.99. The Morgan fingerprint density at radius 3 is 2.49 bits per heavy atom. The lowest BCUT2D eigenvalue weighted by molar-refractivity contribution is -0.118. The minimum absolute atomic E-state index is 0.00886. The fraction of sp³-hybridized carbons (Fsp3) is 0.333. The summed E-state index contributed by atoms with van der Waals surface area (Å²) >= 11 is 0. The third kappa shape index (κ3) is 4.32. The summed E-state index contributed by atoms with van der Waals surface area (Å²) < 4.78 is 20.7. The number of nitrogens with zero attached hydrogens (tertiary/aromatic N) is 4. The standard InChI is InChI=1S/C27H28FN5O4/c1-16-14-17(7-9-21(16)32-12-5-3-4-6-23(32)34)31-13-11-19-24(26(29)35)30-33(25(19)27(31)36)18-8-10-22(37-2)20(28)15-18/h7-10,14-15H,3-6,11-13H2,1-2H3,(H2,29,35). The van der Waals surface area contributed by atoms with Gasteiger partial charge >= 0.3 is 0 Å². The number of nitrogens with two attached hydrogens (primary N) is 1. The van der Waals surface area contributed by atoms with E-state index in [2.05, 4.69) is 5.10 Å². The Labute approximate surface area is 213 Å². The second-order valence-corrected chi connectivity index (χ2v) is 9.30. The molecule has 1 aromatic heterocycles. The summed E-state index contributed by atoms with van der Waals surface area (Å²) in [6, 6.07) is 9.77. The summed E-state index contributed by atoms with van der Waals surface area (Å²) in [5, 5.41) is 4.29. The molecular weight excluding hydrogens is 477 g/mol. The maximum Gasteiger partial charge on any atom is 0.277 e. The summed E-state index contributed by atoms with van der Waals surface area (Å²) in [5.74, 6) is -1.60. The molecular formula is C27H28FN5O4. The van der Waals surface area contributed by atoms with Gasteiger partial charge in [-0.1, -0.05) is 6.42 Å². The maximum absolute atomic E-state index is 14.5. The van der Waals surface area contributed by atoms with Crippen LogP contribution in [-0.2, 0) is 11.2 Å². The smallest absolute Gasteiger partial charge is 0.277 e. The van der Waals surface area contributed by atoms with Crippen molar-refractivity contribution < 1.29 is 23.5 Å². The molecule has 0 atom stereocenters. The molecule has 37 heavy (non-hydrogen) atoms. The number of primary amides is 1. The first-order chi connectivity index (χ1) is 17.8. The van der Waals surface area contributed by atoms with Crippen LogP contribution < -0.4 is 20.3 Å². The molecule has 2 aliphatic rings. The molecule has 9 nitrogen and oxygen atoms in total. The first kappa shape index (κ1) is 24.5. The summed E-state index contributed by atoms with van der Waals surface area (Å²) in [6.45, 7) is 2.92. The lowest BCUT2D eigenvalue weighted by Crippen LogP contribution is -2.39. The molecule has 0 radical (unpaired) electrons. The minimum Gasteiger partial charge on any atom is -0.494 e. The van der Waals surface area contributed by atoms with Crippen LogP contribution in [-0.4, -0.2) is 47.7 Å². The quantitative estimate of drug-likeness (QED) is 0.570. The number of carbonyl (C=O) groups excluding carboxylic acids is 3. The highest BCUT2D eigenvalue weighted by Crippen LogP contribution is 2.33. The van der Waals surface area contributed by atoms with Crippen molar-refractivity contribution in [3.63, 3.8) is 0 Å². The van der Waals surface area contributed by atoms with Crippen LogP contribution in [0.25, 0.3) is 5.69 Å². The maximum atomic E-state index is 14.5. The number of halogens is 1. The molecule has 0 unspecified atom stereocenters. The van der Waals surface area contributed by atoms with Gasteiger partial charge in [0.15, 0.2) is 17.3 Å². The van der Waals surface area contributed by atoms with E-state index in [1.165, 1.54) is 23.9 Å². The van der Waals surface area contributed by atoms with E-state index in [9.17, 15) is 18.8 Å². The molecule has 192 valence electrons. The second-order valence-electron chi connectivity index (χ2n) is 9.30. The van der Waals surface area contributed by atoms with Crippen molar-refractivity contribution in [1.82, 2.24) is 9.78 Å². The molecule has 5 rings (SSSR count). The molecule has 2 N–H and O–H groups in total. The topological polar surface area (TPSA) is 111 Å². The van der Waals surface area contributed by atoms with Crippen molar-refractivity contribution in [3.05, 3.63) is 64.7 Å². The zero-order valence-electron chi connectivity index (χ0n) is 20.8. The molecule has 3 aromatic rings. The Morgan fingerprint density at radius 1 is 1.00 bits per heavy atom. The van der Waals surface area contributed by atoms with E-state index in [0.29, 0.717) is 37.2 Å². The molecule has 0 spiro atoms. The normalized spacial score (nSPS) is 16.0. The van der Waals surface area contributed by atoms with E-state index in [0.717, 1.165) is 30.5 Å². The van der Waals surface area contributed by atoms with Crippen molar-refractivity contribution >= 4 is 29.1 Å². The molecule has 0 saturated carbocycles. The number of aromatic nitrogens is 2. The number of methoxy groups -OCH3 is 1. The van der Waals surface area contributed by atoms with Gasteiger partial charge in [0.05, 0.1) is 12.8 Å². The number of hydrogen-bond acceptors (Lipinski definition) is 5. The first-order valence-electron chi connectivity index (χ1n) is 12.3. The Bertz CT molecular complexity index is 1420. The van der Waals surface area contributed by atoms with Gasteiger partial charge in [-0.2, -0.15) is 5.10 Å². The van der Waals surface area contributed by atoms with E-state index in [-0.39, 0.29) is 34.6 Å². The predicted octanol–water partition coefficient (Wildman–Crippen LogP) is 3.54. The first-order valence-corrected chi connectivity index (χ1v) is 12.3. The number of aryl methyl sites for hydroxylation is 1. The monoisotopic (exact) mass is 505 g/mol. The minimum atomic E-state index is -0.757. The number of anilines is 2. The Balaban J connectivity index is 1.53. The zero-order valence-corrected chi connectivity index (χ0v) is 20.8. The zero-order chi connectivity index (χ0) is 26.3. The molecule has 3 amide bonds. The van der Waals surface area contributed by atoms with E-state index < -0.39 is 11.7 Å². The number of carbonyl (C=O) groups is 3. The van der Waals surface area contributed by atoms with Gasteiger partial charge in [0, 0.05) is 42.5 Å². The van der Waals surface area contributed by atoms with Crippen LogP contribution in [0.15, 0.2) is 36.4 Å². The SMILES string of the molecule is COc1ccc(-n2nc(C(N)=O)c3c2C(=O)N(c2ccc(N4CCCCCC4=O)c(C)c2)CC3)cc1F. The highest BCUT2D eigenvalue weighted by molar-refractivity contribution is 6.09. The van der Waals surface area contributed by atoms with Gasteiger partial charge in [0.1, 0.15) is 5.69 Å². The van der Waals surface area contributed by atoms with Crippen molar-refractivity contribution in [3.8, 4) is 11.4 Å². The molecule has 2 aromatic carbocycles. The number of ether oxygens (including phenoxy) is 1. The highest BCUT2D eigenvalue weighted by atomic mass is 19.1. The lowest BCUT2D eigenvalue weighted by Gasteiger charge is -2.29. The average molecular weight is 506 g/mol. The second kappa shape index (κ2) is 9.68. The van der Waals surface area contributed by atoms with E-state index in [1.54, 1.807) is 11.0 Å². The van der Waals surface area contributed by atoms with Gasteiger partial charge in [-0.25, -0.2) is 9.07 Å². The Hall–Kier alpha value is -4.21. The van der Waals surface area contributed by atoms with Gasteiger partial charge in [-0.15, -0.1) is 0 Å². The number of benzene rings is 2. The predicted molar refractivity (Wildman–Crippen MR) is 136 cm³/mol. The van der Waals surface area contributed by atoms with Crippen LogP contribution in [0.3, 0.4) is 0 Å². The molecule has 1 saturated heterocycles. The molecule has 0 aliphatic carbocycles. The van der Waals surface area contributed by atoms with Crippen molar-refractivity contribution in [2.24, 2.45) is 5.73 Å². The number of hydrogen-bond donors (Lipinski definition) is 1. The van der Waals surface area contributed by atoms with Crippen LogP contribution >= 0.6 is 0 Å². The highest BCUT2D eigenvalue weighted by Gasteiger charge is 2.35. The number of fused-ring (bicyclic) bond motifs is 1. The van der Waals surface area contributed by atoms with Crippen molar-refractivity contribution in [2.45, 2.75) is 39.0 Å². The molecule has 0 bridgehead atoms. The summed E-state index contributed by atoms with van der Waals surface area (Å²) in [7, 11) is 1.36. The lowest BCUT2D eigenvalue weighted by atomic mass is 10.0. The van der Waals surface area contributed by atoms with E-state index in [4.69, 9.17) is 10.5 Å². The van der Waals surface area contributed by atoms with Crippen LogP contribution in [0.5, 0.6) is 5.75 Å². The largest absolute Gasteiger partial charge is 0.494 e. The van der Waals surface area contributed by atoms with Gasteiger partial charge in [0.25, 0.3) is 11.8 Å². The molecule has 2 aliphatic heterocycles. The van der Waals surface area contributed by atoms with Crippen LogP contribution in [0.1, 0.15) is 57.8 Å². The van der Waals surface area contributed by atoms with E-state index in [1.807, 2.05) is 30.0 Å². The Morgan fingerprint density at radius 2 is 1.78 bits per heavy atom. The summed E-state index contributed by atoms with van der Waals surface area (Å²) in [4.78, 5) is 42.0. The van der Waals surface area contributed by atoms with Gasteiger partial charge in [-0.3, -0.25) is 14.4 Å². The molecule has 3 heterocycles. The van der Waals surface area contributed by atoms with Gasteiger partial charge in [0.2, 0.25) is 5.91 Å². The van der Waals surface area contributed by atoms with E-state index >= 15 is 0 Å². The number of rotatable bonds is 5. The van der Waals surface area contributed by atoms with Crippen LogP contribution in [0.4, 0.5) is 15.8 Å². The average Bonchev–Trinajstić information content (AvgIpc) is 3.15. The van der Waals surface area contributed by atoms with Gasteiger partial charge < -0.3 is 20.3 Å². The van der Waals surface area contributed by atoms with Crippen molar-refractivity contribution in [1.29, 1.82) is 0 Å². The Kier molecular flexibility index (Phi) is 6.41. The van der Waals surface area contributed by atoms with Gasteiger partial charge in [-0.05, 0) is 62.1 Å². The van der Waals surface area contributed by atoms with Crippen LogP contribution in [0.2, 0.25) is 0 Å². The summed E-state index contributed by atoms with van der Waals surface area (Å²) in [6.07, 6.45) is 3.77. The van der Waals surface area contributed by atoms with Crippen LogP contribution in [0, 0.1) is 12.7 Å². The fourth-order valence-corrected chi connectivity index (χ4v) is 5.13. The summed E-state index contributed by atoms with van der Waals surface area (Å²) in [5.41, 5.74) is 8.81. The fourth-order valence-electron chi connectivity index (χ4n) is 5.13.